The zero-order valence-corrected chi connectivity index (χ0v) is 14.5. The minimum Gasteiger partial charge on any atom is -0.493 e. The van der Waals surface area contributed by atoms with E-state index in [4.69, 9.17) is 14.2 Å². The third-order valence-electron chi connectivity index (χ3n) is 4.07. The highest BCUT2D eigenvalue weighted by Crippen LogP contribution is 2.30. The van der Waals surface area contributed by atoms with Crippen LogP contribution in [0.2, 0.25) is 0 Å². The van der Waals surface area contributed by atoms with Crippen LogP contribution < -0.4 is 9.47 Å². The van der Waals surface area contributed by atoms with E-state index in [1.165, 1.54) is 0 Å². The number of ether oxygens (including phenoxy) is 3. The zero-order chi connectivity index (χ0) is 17.5. The van der Waals surface area contributed by atoms with Crippen LogP contribution in [-0.2, 0) is 11.3 Å². The maximum Gasteiger partial charge on any atom is 0.161 e. The second-order valence-corrected chi connectivity index (χ2v) is 5.70. The van der Waals surface area contributed by atoms with E-state index in [1.54, 1.807) is 14.2 Å². The molecule has 0 radical (unpaired) electrons. The van der Waals surface area contributed by atoms with Crippen LogP contribution in [-0.4, -0.2) is 14.2 Å². The van der Waals surface area contributed by atoms with E-state index in [-0.39, 0.29) is 6.10 Å². The maximum absolute atomic E-state index is 6.28. The molecule has 0 aliphatic carbocycles. The molecule has 0 bridgehead atoms. The van der Waals surface area contributed by atoms with Gasteiger partial charge in [-0.3, -0.25) is 0 Å². The molecule has 0 spiro atoms. The average molecular weight is 334 g/mol. The first-order chi connectivity index (χ1) is 12.3. The Kier molecular flexibility index (Phi) is 5.70. The molecule has 0 unspecified atom stereocenters. The molecule has 0 N–H and O–H groups in total. The van der Waals surface area contributed by atoms with Gasteiger partial charge in [0, 0.05) is 0 Å². The molecule has 0 atom stereocenters. The fourth-order valence-corrected chi connectivity index (χ4v) is 2.79. The Labute approximate surface area is 148 Å². The predicted molar refractivity (Wildman–Crippen MR) is 99.1 cm³/mol. The molecule has 0 aliphatic heterocycles. The highest BCUT2D eigenvalue weighted by atomic mass is 16.5. The lowest BCUT2D eigenvalue weighted by atomic mass is 10.0. The van der Waals surface area contributed by atoms with E-state index >= 15 is 0 Å². The molecule has 0 saturated heterocycles. The summed E-state index contributed by atoms with van der Waals surface area (Å²) in [6.07, 6.45) is -0.115. The molecule has 0 aromatic heterocycles. The van der Waals surface area contributed by atoms with E-state index in [1.807, 2.05) is 54.6 Å². The molecule has 0 amide bonds. The Morgan fingerprint density at radius 3 is 1.76 bits per heavy atom. The van der Waals surface area contributed by atoms with Crippen LogP contribution in [0.4, 0.5) is 0 Å². The molecule has 128 valence electrons. The molecule has 0 saturated carbocycles. The van der Waals surface area contributed by atoms with E-state index in [2.05, 4.69) is 24.3 Å². The fraction of sp³-hybridized carbons (Fsp3) is 0.182. The summed E-state index contributed by atoms with van der Waals surface area (Å²) >= 11 is 0. The molecule has 3 aromatic carbocycles. The lowest BCUT2D eigenvalue weighted by Gasteiger charge is -2.19. The van der Waals surface area contributed by atoms with Crippen molar-refractivity contribution in [3.05, 3.63) is 95.6 Å². The Hall–Kier alpha value is -2.78. The fourth-order valence-electron chi connectivity index (χ4n) is 2.79. The van der Waals surface area contributed by atoms with Crippen molar-refractivity contribution in [1.82, 2.24) is 0 Å². The van der Waals surface area contributed by atoms with Crippen molar-refractivity contribution in [3.8, 4) is 11.5 Å². The average Bonchev–Trinajstić information content (AvgIpc) is 2.69. The zero-order valence-electron chi connectivity index (χ0n) is 14.5. The Morgan fingerprint density at radius 1 is 0.680 bits per heavy atom. The molecule has 3 rings (SSSR count). The Balaban J connectivity index is 1.82. The smallest absolute Gasteiger partial charge is 0.161 e. The van der Waals surface area contributed by atoms with Crippen molar-refractivity contribution in [2.45, 2.75) is 12.7 Å². The van der Waals surface area contributed by atoms with Gasteiger partial charge in [0.2, 0.25) is 0 Å². The largest absolute Gasteiger partial charge is 0.493 e. The summed E-state index contributed by atoms with van der Waals surface area (Å²) in [5, 5.41) is 0. The van der Waals surface area contributed by atoms with Crippen LogP contribution in [0.25, 0.3) is 0 Å². The normalized spacial score (nSPS) is 10.7. The van der Waals surface area contributed by atoms with E-state index in [0.29, 0.717) is 18.1 Å². The van der Waals surface area contributed by atoms with Gasteiger partial charge in [0.05, 0.1) is 20.8 Å². The van der Waals surface area contributed by atoms with Crippen molar-refractivity contribution in [2.75, 3.05) is 14.2 Å². The topological polar surface area (TPSA) is 27.7 Å². The van der Waals surface area contributed by atoms with Gasteiger partial charge in [0.15, 0.2) is 11.5 Å². The highest BCUT2D eigenvalue weighted by Gasteiger charge is 2.15. The number of hydrogen-bond donors (Lipinski definition) is 0. The standard InChI is InChI=1S/C22H22O3/c1-23-20-14-13-17(15-21(20)24-2)16-25-22(18-9-5-3-6-10-18)19-11-7-4-8-12-19/h3-15,22H,16H2,1-2H3. The summed E-state index contributed by atoms with van der Waals surface area (Å²) in [7, 11) is 3.27. The van der Waals surface area contributed by atoms with Gasteiger partial charge in [-0.25, -0.2) is 0 Å². The molecule has 0 fully saturated rings. The first-order valence-corrected chi connectivity index (χ1v) is 8.24. The lowest BCUT2D eigenvalue weighted by Crippen LogP contribution is -2.06. The molecular weight excluding hydrogens is 312 g/mol. The quantitative estimate of drug-likeness (QED) is 0.608. The summed E-state index contributed by atoms with van der Waals surface area (Å²) in [6.45, 7) is 0.481. The summed E-state index contributed by atoms with van der Waals surface area (Å²) in [4.78, 5) is 0. The molecule has 0 aliphatic rings. The maximum atomic E-state index is 6.28. The van der Waals surface area contributed by atoms with Gasteiger partial charge < -0.3 is 14.2 Å². The van der Waals surface area contributed by atoms with Crippen LogP contribution >= 0.6 is 0 Å². The van der Waals surface area contributed by atoms with Crippen LogP contribution in [0.15, 0.2) is 78.9 Å². The summed E-state index contributed by atoms with van der Waals surface area (Å²) in [5.74, 6) is 1.42. The molecule has 3 aromatic rings. The second kappa shape index (κ2) is 8.36. The molecule has 3 heteroatoms. The van der Waals surface area contributed by atoms with Gasteiger partial charge in [0.25, 0.3) is 0 Å². The number of rotatable bonds is 7. The summed E-state index contributed by atoms with van der Waals surface area (Å²) in [6, 6.07) is 26.4. The first-order valence-electron chi connectivity index (χ1n) is 8.24. The minimum absolute atomic E-state index is 0.115. The van der Waals surface area contributed by atoms with Crippen molar-refractivity contribution in [2.24, 2.45) is 0 Å². The van der Waals surface area contributed by atoms with Gasteiger partial charge >= 0.3 is 0 Å². The van der Waals surface area contributed by atoms with Gasteiger partial charge in [0.1, 0.15) is 6.10 Å². The van der Waals surface area contributed by atoms with Crippen LogP contribution in [0.1, 0.15) is 22.8 Å². The summed E-state index contributed by atoms with van der Waals surface area (Å²) in [5.41, 5.74) is 3.30. The Bertz CT molecular complexity index is 745. The molecular formula is C22H22O3. The van der Waals surface area contributed by atoms with E-state index < -0.39 is 0 Å². The van der Waals surface area contributed by atoms with Crippen molar-refractivity contribution in [3.63, 3.8) is 0 Å². The summed E-state index contributed by atoms with van der Waals surface area (Å²) < 4.78 is 16.9. The number of methoxy groups -OCH3 is 2. The number of hydrogen-bond acceptors (Lipinski definition) is 3. The van der Waals surface area contributed by atoms with Crippen molar-refractivity contribution >= 4 is 0 Å². The third kappa shape index (κ3) is 4.20. The minimum atomic E-state index is -0.115. The lowest BCUT2D eigenvalue weighted by molar-refractivity contribution is 0.0666. The monoisotopic (exact) mass is 334 g/mol. The van der Waals surface area contributed by atoms with E-state index in [0.717, 1.165) is 16.7 Å². The van der Waals surface area contributed by atoms with Gasteiger partial charge in [-0.15, -0.1) is 0 Å². The van der Waals surface area contributed by atoms with Crippen molar-refractivity contribution < 1.29 is 14.2 Å². The molecule has 3 nitrogen and oxygen atoms in total. The van der Waals surface area contributed by atoms with Crippen LogP contribution in [0.5, 0.6) is 11.5 Å². The van der Waals surface area contributed by atoms with E-state index in [9.17, 15) is 0 Å². The van der Waals surface area contributed by atoms with Gasteiger partial charge in [-0.05, 0) is 28.8 Å². The highest BCUT2D eigenvalue weighted by molar-refractivity contribution is 5.42. The van der Waals surface area contributed by atoms with Crippen LogP contribution in [0, 0.1) is 0 Å². The third-order valence-corrected chi connectivity index (χ3v) is 4.07. The second-order valence-electron chi connectivity index (χ2n) is 5.70. The molecule has 0 heterocycles. The van der Waals surface area contributed by atoms with Gasteiger partial charge in [-0.1, -0.05) is 66.7 Å². The Morgan fingerprint density at radius 2 is 1.24 bits per heavy atom. The predicted octanol–water partition coefficient (Wildman–Crippen LogP) is 5.01. The SMILES string of the molecule is COc1ccc(COC(c2ccccc2)c2ccccc2)cc1OC. The number of benzene rings is 3. The van der Waals surface area contributed by atoms with Crippen LogP contribution in [0.3, 0.4) is 0 Å². The first kappa shape index (κ1) is 17.1. The van der Waals surface area contributed by atoms with Gasteiger partial charge in [-0.2, -0.15) is 0 Å². The van der Waals surface area contributed by atoms with Crippen molar-refractivity contribution in [1.29, 1.82) is 0 Å². The molecule has 25 heavy (non-hydrogen) atoms.